The summed E-state index contributed by atoms with van der Waals surface area (Å²) < 4.78 is 0. The Kier molecular flexibility index (Phi) is 6.71. The predicted octanol–water partition coefficient (Wildman–Crippen LogP) is 5.77. The molecule has 0 amide bonds. The monoisotopic (exact) mass is 410 g/mol. The van der Waals surface area contributed by atoms with Crippen molar-refractivity contribution >= 4 is 18.5 Å². The molecule has 3 aromatic carbocycles. The van der Waals surface area contributed by atoms with Gasteiger partial charge >= 0.3 is 0 Å². The van der Waals surface area contributed by atoms with E-state index in [-0.39, 0.29) is 6.04 Å². The molecule has 4 rings (SSSR count). The van der Waals surface area contributed by atoms with E-state index in [1.165, 1.54) is 38.9 Å². The van der Waals surface area contributed by atoms with Crippen LogP contribution >= 0.6 is 7.92 Å². The highest BCUT2D eigenvalue weighted by atomic mass is 31.1. The molecule has 3 aromatic rings. The molecule has 1 aliphatic rings. The van der Waals surface area contributed by atoms with Crippen molar-refractivity contribution < 1.29 is 0 Å². The third-order valence-electron chi connectivity index (χ3n) is 5.71. The summed E-state index contributed by atoms with van der Waals surface area (Å²) in [5.41, 5.74) is 5.51. The van der Waals surface area contributed by atoms with Gasteiger partial charge in [0.2, 0.25) is 0 Å². The molecule has 1 nitrogen and oxygen atoms in total. The second-order valence-electron chi connectivity index (χ2n) is 8.05. The molecule has 0 aliphatic heterocycles. The van der Waals surface area contributed by atoms with Gasteiger partial charge in [-0.2, -0.15) is 0 Å². The highest BCUT2D eigenvalue weighted by molar-refractivity contribution is 7.76. The van der Waals surface area contributed by atoms with Crippen LogP contribution in [0.1, 0.15) is 22.7 Å². The van der Waals surface area contributed by atoms with Gasteiger partial charge in [0.25, 0.3) is 0 Å². The minimum atomic E-state index is -0.646. The van der Waals surface area contributed by atoms with Gasteiger partial charge in [0.05, 0.1) is 0 Å². The second-order valence-corrected chi connectivity index (χ2v) is 10.2. The van der Waals surface area contributed by atoms with Gasteiger partial charge < -0.3 is 4.90 Å². The van der Waals surface area contributed by atoms with Crippen LogP contribution in [0.3, 0.4) is 0 Å². The lowest BCUT2D eigenvalue weighted by atomic mass is 9.90. The zero-order chi connectivity index (χ0) is 21.1. The van der Waals surface area contributed by atoms with Crippen molar-refractivity contribution in [3.8, 4) is 0 Å². The van der Waals surface area contributed by atoms with Crippen molar-refractivity contribution in [2.75, 3.05) is 14.1 Å². The van der Waals surface area contributed by atoms with Gasteiger partial charge in [-0.15, -0.1) is 0 Å². The van der Waals surface area contributed by atoms with Crippen molar-refractivity contribution in [1.29, 1.82) is 0 Å². The zero-order valence-corrected chi connectivity index (χ0v) is 19.1. The Bertz CT molecular complexity index is 920. The van der Waals surface area contributed by atoms with E-state index >= 15 is 0 Å². The fourth-order valence-electron chi connectivity index (χ4n) is 4.27. The van der Waals surface area contributed by atoms with Crippen molar-refractivity contribution in [2.24, 2.45) is 0 Å². The quantitative estimate of drug-likeness (QED) is 0.466. The summed E-state index contributed by atoms with van der Waals surface area (Å²) in [6, 6.07) is 28.8. The van der Waals surface area contributed by atoms with Crippen LogP contribution in [0.4, 0.5) is 0 Å². The van der Waals surface area contributed by atoms with Crippen LogP contribution in [0.5, 0.6) is 0 Å². The maximum absolute atomic E-state index is 2.35. The number of rotatable bonds is 6. The van der Waals surface area contributed by atoms with E-state index in [4.69, 9.17) is 0 Å². The topological polar surface area (TPSA) is 3.24 Å². The van der Waals surface area contributed by atoms with Crippen LogP contribution < -0.4 is 10.6 Å². The summed E-state index contributed by atoms with van der Waals surface area (Å²) in [5, 5.41) is 2.89. The first kappa shape index (κ1) is 21.3. The van der Waals surface area contributed by atoms with Gasteiger partial charge in [-0.25, -0.2) is 0 Å². The summed E-state index contributed by atoms with van der Waals surface area (Å²) in [4.78, 5) is 2.33. The average molecular weight is 411 g/mol. The smallest absolute Gasteiger partial charge is 0.0417 e. The Hall–Kier alpha value is -1.95. The molecule has 0 N–H and O–H groups in total. The second kappa shape index (κ2) is 9.46. The molecule has 0 heterocycles. The summed E-state index contributed by atoms with van der Waals surface area (Å²) in [7, 11) is 3.71. The summed E-state index contributed by atoms with van der Waals surface area (Å²) in [6.07, 6.45) is 6.90. The first-order valence-electron chi connectivity index (χ1n) is 10.5. The summed E-state index contributed by atoms with van der Waals surface area (Å²) in [5.74, 6) is 1.41. The molecule has 2 heteroatoms. The number of hydrogen-bond donors (Lipinski definition) is 0. The third kappa shape index (κ3) is 4.25. The van der Waals surface area contributed by atoms with Crippen molar-refractivity contribution in [3.05, 3.63) is 126 Å². The molecule has 0 bridgehead atoms. The van der Waals surface area contributed by atoms with Crippen molar-refractivity contribution in [1.82, 2.24) is 4.90 Å². The highest BCUT2D eigenvalue weighted by Gasteiger charge is 2.43. The van der Waals surface area contributed by atoms with Gasteiger partial charge in [0.1, 0.15) is 0 Å². The zero-order valence-electron chi connectivity index (χ0n) is 18.2. The fraction of sp³-hybridized carbons (Fsp3) is 0.179. The van der Waals surface area contributed by atoms with Gasteiger partial charge in [0, 0.05) is 17.6 Å². The van der Waals surface area contributed by atoms with Crippen LogP contribution in [-0.2, 0) is 0 Å². The Labute approximate surface area is 183 Å². The van der Waals surface area contributed by atoms with Gasteiger partial charge in [-0.05, 0) is 82.4 Å². The molecule has 0 saturated heterocycles. The molecular weight excluding hydrogens is 381 g/mol. The minimum absolute atomic E-state index is 0.231. The normalized spacial score (nSPS) is 16.5. The van der Waals surface area contributed by atoms with Gasteiger partial charge in [-0.1, -0.05) is 78.9 Å². The maximum atomic E-state index is 2.35. The molecule has 1 saturated carbocycles. The maximum Gasteiger partial charge on any atom is 0.0417 e. The predicted molar refractivity (Wildman–Crippen MR) is 131 cm³/mol. The minimum Gasteiger partial charge on any atom is -0.302 e. The number of nitrogens with zero attached hydrogens (tertiary/aromatic N) is 1. The number of aryl methyl sites for hydroxylation is 2. The van der Waals surface area contributed by atoms with E-state index < -0.39 is 7.92 Å². The lowest BCUT2D eigenvalue weighted by molar-refractivity contribution is 0.319. The molecule has 5 radical (unpaired) electrons. The largest absolute Gasteiger partial charge is 0.302 e. The van der Waals surface area contributed by atoms with Crippen LogP contribution in [-0.4, -0.2) is 19.0 Å². The molecule has 1 aliphatic carbocycles. The van der Waals surface area contributed by atoms with Crippen molar-refractivity contribution in [2.45, 2.75) is 19.9 Å². The van der Waals surface area contributed by atoms with E-state index in [1.807, 2.05) is 0 Å². The molecule has 1 fully saturated rings. The molecule has 30 heavy (non-hydrogen) atoms. The van der Waals surface area contributed by atoms with Crippen LogP contribution in [0, 0.1) is 44.7 Å². The number of benzene rings is 3. The Balaban J connectivity index is 1.82. The van der Waals surface area contributed by atoms with Crippen LogP contribution in [0.2, 0.25) is 0 Å². The first-order chi connectivity index (χ1) is 14.6. The lowest BCUT2D eigenvalue weighted by Gasteiger charge is -2.37. The van der Waals surface area contributed by atoms with Crippen LogP contribution in [0.25, 0.3) is 0 Å². The molecular formula is C28H29NP. The molecule has 0 aromatic heterocycles. The first-order valence-corrected chi connectivity index (χ1v) is 11.8. The standard InChI is InChI=1S/C28H29NP/c1-21-13-8-10-18-25(21)30(26-19-11-9-14-22(26)2)27-20-12-17-24(27)28(29(3)4)23-15-6-5-7-16-23/h5-20,28H,1-4H3/t28-/m0/s1. The fourth-order valence-corrected chi connectivity index (χ4v) is 7.06. The van der Waals surface area contributed by atoms with E-state index in [2.05, 4.69) is 131 Å². The molecule has 0 spiro atoms. The Morgan fingerprint density at radius 3 is 1.73 bits per heavy atom. The SMILES string of the molecule is Cc1ccccc1P([C]1[CH][CH][CH][C]1[C@H](c1ccccc1)N(C)C)c1ccccc1C. The van der Waals surface area contributed by atoms with Gasteiger partial charge in [0.15, 0.2) is 0 Å². The Morgan fingerprint density at radius 1 is 0.667 bits per heavy atom. The van der Waals surface area contributed by atoms with E-state index in [9.17, 15) is 0 Å². The molecule has 151 valence electrons. The summed E-state index contributed by atoms with van der Waals surface area (Å²) >= 11 is 0. The van der Waals surface area contributed by atoms with E-state index in [0.717, 1.165) is 0 Å². The Morgan fingerprint density at radius 2 is 1.20 bits per heavy atom. The molecule has 0 unspecified atom stereocenters. The summed E-state index contributed by atoms with van der Waals surface area (Å²) in [6.45, 7) is 4.48. The van der Waals surface area contributed by atoms with Gasteiger partial charge in [-0.3, -0.25) is 0 Å². The van der Waals surface area contributed by atoms with Crippen molar-refractivity contribution in [3.63, 3.8) is 0 Å². The van der Waals surface area contributed by atoms with E-state index in [0.29, 0.717) is 0 Å². The lowest BCUT2D eigenvalue weighted by Crippen LogP contribution is -2.30. The highest BCUT2D eigenvalue weighted by Crippen LogP contribution is 2.60. The third-order valence-corrected chi connectivity index (χ3v) is 8.56. The number of hydrogen-bond acceptors (Lipinski definition) is 1. The molecule has 1 atom stereocenters. The van der Waals surface area contributed by atoms with E-state index in [1.54, 1.807) is 0 Å². The van der Waals surface area contributed by atoms with Crippen LogP contribution in [0.15, 0.2) is 78.9 Å². The average Bonchev–Trinajstić information content (AvgIpc) is 3.20.